The van der Waals surface area contributed by atoms with Crippen LogP contribution in [0, 0.1) is 45.3 Å². The highest BCUT2D eigenvalue weighted by Gasteiger charge is 2.16. The molecule has 0 atom stereocenters. The van der Waals surface area contributed by atoms with E-state index in [1.54, 1.807) is 24.3 Å². The molecule has 24 heavy (non-hydrogen) atoms. The minimum absolute atomic E-state index is 0.193. The van der Waals surface area contributed by atoms with Gasteiger partial charge in [0.15, 0.2) is 0 Å². The molecule has 0 bridgehead atoms. The predicted octanol–water partition coefficient (Wildman–Crippen LogP) is 3.69. The van der Waals surface area contributed by atoms with E-state index in [1.807, 2.05) is 23.7 Å². The third kappa shape index (κ3) is 2.41. The highest BCUT2D eigenvalue weighted by atomic mass is 32.1. The molecule has 3 rings (SSSR count). The molecule has 0 N–H and O–H groups in total. The maximum atomic E-state index is 8.80. The predicted molar refractivity (Wildman–Crippen MR) is 92.8 cm³/mol. The van der Waals surface area contributed by atoms with Crippen molar-refractivity contribution in [3.05, 3.63) is 12.1 Å². The number of hydrogen-bond donors (Lipinski definition) is 0. The Morgan fingerprint density at radius 1 is 0.833 bits per heavy atom. The Morgan fingerprint density at radius 2 is 1.21 bits per heavy atom. The van der Waals surface area contributed by atoms with Crippen LogP contribution in [0.5, 0.6) is 0 Å². The summed E-state index contributed by atoms with van der Waals surface area (Å²) in [4.78, 5) is 8.05. The first kappa shape index (κ1) is 15.4. The van der Waals surface area contributed by atoms with Crippen molar-refractivity contribution < 1.29 is 0 Å². The van der Waals surface area contributed by atoms with Crippen LogP contribution in [-0.4, -0.2) is 16.0 Å². The molecule has 3 aromatic heterocycles. The zero-order valence-electron chi connectivity index (χ0n) is 12.1. The maximum Gasteiger partial charge on any atom is 0.219 e. The first-order chi connectivity index (χ1) is 11.6. The average Bonchev–Trinajstić information content (AvgIpc) is 3.25. The lowest BCUT2D eigenvalue weighted by Gasteiger charge is -1.92. The van der Waals surface area contributed by atoms with Gasteiger partial charge in [-0.05, 0) is 12.1 Å². The number of aliphatic imine (C=N–C) groups is 2. The van der Waals surface area contributed by atoms with Gasteiger partial charge in [0.05, 0.1) is 20.4 Å². The number of thiophene rings is 2. The van der Waals surface area contributed by atoms with Crippen molar-refractivity contribution in [3.8, 4) is 24.3 Å². The van der Waals surface area contributed by atoms with Crippen LogP contribution >= 0.6 is 22.7 Å². The van der Waals surface area contributed by atoms with Gasteiger partial charge in [0, 0.05) is 7.05 Å². The van der Waals surface area contributed by atoms with Crippen molar-refractivity contribution in [2.75, 3.05) is 0 Å². The third-order valence-corrected chi connectivity index (χ3v) is 5.40. The second-order valence-electron chi connectivity index (χ2n) is 4.53. The smallest absolute Gasteiger partial charge is 0.219 e. The summed E-state index contributed by atoms with van der Waals surface area (Å²) in [6.07, 6.45) is 0. The van der Waals surface area contributed by atoms with E-state index in [4.69, 9.17) is 21.0 Å². The number of rotatable bonds is 2. The molecular weight excluding hydrogens is 342 g/mol. The van der Waals surface area contributed by atoms with Crippen LogP contribution in [0.4, 0.5) is 10.0 Å². The van der Waals surface area contributed by atoms with E-state index in [-0.39, 0.29) is 11.4 Å². The van der Waals surface area contributed by atoms with Gasteiger partial charge in [0.2, 0.25) is 11.4 Å². The van der Waals surface area contributed by atoms with Gasteiger partial charge in [-0.25, -0.2) is 9.98 Å². The van der Waals surface area contributed by atoms with Crippen LogP contribution in [0.15, 0.2) is 22.1 Å². The summed E-state index contributed by atoms with van der Waals surface area (Å²) in [5.74, 6) is 0. The van der Waals surface area contributed by atoms with Crippen molar-refractivity contribution in [2.24, 2.45) is 17.0 Å². The molecule has 0 unspecified atom stereocenters. The van der Waals surface area contributed by atoms with Crippen LogP contribution in [0.25, 0.3) is 20.4 Å². The standard InChI is InChI=1S/C15H5N7S2/c1-22-10-2-12(20-8(4-16)5-17)23-14(10)15-11(22)3-13(24-15)21-9(6-18)7-19/h2-3H,1H3. The van der Waals surface area contributed by atoms with Crippen LogP contribution in [0.2, 0.25) is 0 Å². The van der Waals surface area contributed by atoms with E-state index in [1.165, 1.54) is 22.7 Å². The highest BCUT2D eigenvalue weighted by Crippen LogP contribution is 2.44. The van der Waals surface area contributed by atoms with Gasteiger partial charge in [-0.15, -0.1) is 22.7 Å². The Kier molecular flexibility index (Phi) is 3.82. The zero-order valence-corrected chi connectivity index (χ0v) is 13.7. The molecular formula is C15H5N7S2. The molecule has 0 fully saturated rings. The largest absolute Gasteiger partial charge is 0.342 e. The van der Waals surface area contributed by atoms with E-state index in [0.29, 0.717) is 10.0 Å². The monoisotopic (exact) mass is 347 g/mol. The molecule has 0 saturated heterocycles. The Morgan fingerprint density at radius 3 is 1.54 bits per heavy atom. The van der Waals surface area contributed by atoms with Crippen LogP contribution in [0.3, 0.4) is 0 Å². The molecule has 112 valence electrons. The van der Waals surface area contributed by atoms with Crippen molar-refractivity contribution in [1.82, 2.24) is 4.57 Å². The molecule has 0 spiro atoms. The van der Waals surface area contributed by atoms with Gasteiger partial charge < -0.3 is 4.57 Å². The van der Waals surface area contributed by atoms with Gasteiger partial charge in [-0.3, -0.25) is 0 Å². The lowest BCUT2D eigenvalue weighted by Crippen LogP contribution is -1.86. The van der Waals surface area contributed by atoms with Crippen molar-refractivity contribution in [1.29, 1.82) is 21.0 Å². The van der Waals surface area contributed by atoms with Crippen molar-refractivity contribution >= 4 is 64.5 Å². The molecule has 0 aliphatic carbocycles. The Bertz CT molecular complexity index is 1080. The van der Waals surface area contributed by atoms with E-state index in [9.17, 15) is 0 Å². The van der Waals surface area contributed by atoms with Gasteiger partial charge in [-0.1, -0.05) is 0 Å². The fourth-order valence-corrected chi connectivity index (χ4v) is 4.45. The second kappa shape index (κ2) is 5.95. The minimum atomic E-state index is -0.193. The molecule has 0 saturated carbocycles. The summed E-state index contributed by atoms with van der Waals surface area (Å²) in [5, 5.41) is 36.4. The molecule has 0 radical (unpaired) electrons. The quantitative estimate of drug-likeness (QED) is 0.655. The maximum absolute atomic E-state index is 8.80. The Labute approximate surface area is 143 Å². The number of fused-ring (bicyclic) bond motifs is 3. The molecule has 0 aliphatic rings. The molecule has 0 aliphatic heterocycles. The summed E-state index contributed by atoms with van der Waals surface area (Å²) in [5.41, 5.74) is 1.49. The molecule has 3 heterocycles. The Balaban J connectivity index is 2.19. The van der Waals surface area contributed by atoms with Crippen LogP contribution in [-0.2, 0) is 7.05 Å². The highest BCUT2D eigenvalue weighted by molar-refractivity contribution is 7.30. The van der Waals surface area contributed by atoms with Gasteiger partial charge in [-0.2, -0.15) is 21.0 Å². The molecule has 9 heteroatoms. The molecule has 3 aromatic rings. The Hall–Kier alpha value is -3.50. The number of nitrogens with zero attached hydrogens (tertiary/aromatic N) is 7. The fraction of sp³-hybridized carbons (Fsp3) is 0.0667. The van der Waals surface area contributed by atoms with Crippen molar-refractivity contribution in [3.63, 3.8) is 0 Å². The van der Waals surface area contributed by atoms with E-state index in [2.05, 4.69) is 9.98 Å². The first-order valence-electron chi connectivity index (χ1n) is 6.40. The van der Waals surface area contributed by atoms with Crippen LogP contribution < -0.4 is 0 Å². The number of aryl methyl sites for hydroxylation is 1. The first-order valence-corrected chi connectivity index (χ1v) is 8.04. The SMILES string of the molecule is Cn1c2cc(N=C(C#N)C#N)sc2c2sc(N=C(C#N)C#N)cc21. The molecule has 7 nitrogen and oxygen atoms in total. The van der Waals surface area contributed by atoms with Gasteiger partial charge >= 0.3 is 0 Å². The van der Waals surface area contributed by atoms with E-state index >= 15 is 0 Å². The summed E-state index contributed by atoms with van der Waals surface area (Å²) in [6, 6.07) is 10.6. The lowest BCUT2D eigenvalue weighted by atomic mass is 10.4. The summed E-state index contributed by atoms with van der Waals surface area (Å²) in [7, 11) is 1.89. The van der Waals surface area contributed by atoms with Crippen molar-refractivity contribution in [2.45, 2.75) is 0 Å². The summed E-state index contributed by atoms with van der Waals surface area (Å²) < 4.78 is 3.87. The number of nitriles is 4. The average molecular weight is 347 g/mol. The van der Waals surface area contributed by atoms with Crippen LogP contribution in [0.1, 0.15) is 0 Å². The van der Waals surface area contributed by atoms with E-state index < -0.39 is 0 Å². The van der Waals surface area contributed by atoms with E-state index in [0.717, 1.165) is 20.4 Å². The third-order valence-electron chi connectivity index (χ3n) is 3.20. The zero-order chi connectivity index (χ0) is 17.3. The number of aromatic nitrogens is 1. The normalized spacial score (nSPS) is 9.71. The van der Waals surface area contributed by atoms with Gasteiger partial charge in [0.1, 0.15) is 34.3 Å². The topological polar surface area (TPSA) is 125 Å². The summed E-state index contributed by atoms with van der Waals surface area (Å²) >= 11 is 2.74. The number of hydrogen-bond acceptors (Lipinski definition) is 8. The molecule has 0 amide bonds. The molecule has 0 aromatic carbocycles. The minimum Gasteiger partial charge on any atom is -0.342 e. The second-order valence-corrected chi connectivity index (χ2v) is 6.59. The summed E-state index contributed by atoms with van der Waals surface area (Å²) in [6.45, 7) is 0. The van der Waals surface area contributed by atoms with Gasteiger partial charge in [0.25, 0.3) is 0 Å². The fourth-order valence-electron chi connectivity index (χ4n) is 2.17. The lowest BCUT2D eigenvalue weighted by molar-refractivity contribution is 1.02.